The van der Waals surface area contributed by atoms with Crippen LogP contribution in [0.2, 0.25) is 0 Å². The summed E-state index contributed by atoms with van der Waals surface area (Å²) in [5.41, 5.74) is 1.39. The SMILES string of the molecule is CN(C(=O)COc1ccc(C(C)(C)C)cc1)C1CCNC1. The minimum atomic E-state index is 0.0311. The summed E-state index contributed by atoms with van der Waals surface area (Å²) in [4.78, 5) is 13.9. The van der Waals surface area contributed by atoms with Crippen molar-refractivity contribution in [1.82, 2.24) is 10.2 Å². The molecule has 4 heteroatoms. The predicted molar refractivity (Wildman–Crippen MR) is 84.7 cm³/mol. The second kappa shape index (κ2) is 6.48. The lowest BCUT2D eigenvalue weighted by molar-refractivity contribution is -0.133. The van der Waals surface area contributed by atoms with Crippen LogP contribution in [0.1, 0.15) is 32.8 Å². The van der Waals surface area contributed by atoms with Crippen molar-refractivity contribution in [3.63, 3.8) is 0 Å². The monoisotopic (exact) mass is 290 g/mol. The van der Waals surface area contributed by atoms with Crippen molar-refractivity contribution >= 4 is 5.91 Å². The van der Waals surface area contributed by atoms with E-state index < -0.39 is 0 Å². The molecule has 0 bridgehead atoms. The van der Waals surface area contributed by atoms with E-state index in [-0.39, 0.29) is 17.9 Å². The lowest BCUT2D eigenvalue weighted by Crippen LogP contribution is -2.40. The fraction of sp³-hybridized carbons (Fsp3) is 0.588. The predicted octanol–water partition coefficient (Wildman–Crippen LogP) is 2.18. The molecule has 1 aromatic rings. The van der Waals surface area contributed by atoms with Crippen molar-refractivity contribution in [3.8, 4) is 5.75 Å². The first-order chi connectivity index (χ1) is 9.88. The summed E-state index contributed by atoms with van der Waals surface area (Å²) in [5, 5.41) is 3.27. The molecule has 1 aliphatic rings. The molecular weight excluding hydrogens is 264 g/mol. The highest BCUT2D eigenvalue weighted by atomic mass is 16.5. The van der Waals surface area contributed by atoms with E-state index in [1.165, 1.54) is 5.56 Å². The highest BCUT2D eigenvalue weighted by Crippen LogP contribution is 2.24. The van der Waals surface area contributed by atoms with Crippen LogP contribution in [0.4, 0.5) is 0 Å². The Balaban J connectivity index is 1.86. The molecule has 1 heterocycles. The molecule has 116 valence electrons. The number of nitrogens with zero attached hydrogens (tertiary/aromatic N) is 1. The van der Waals surface area contributed by atoms with Gasteiger partial charge in [-0.3, -0.25) is 4.79 Å². The third-order valence-corrected chi connectivity index (χ3v) is 4.06. The molecule has 21 heavy (non-hydrogen) atoms. The summed E-state index contributed by atoms with van der Waals surface area (Å²) in [6.07, 6.45) is 1.02. The van der Waals surface area contributed by atoms with Gasteiger partial charge in [0.1, 0.15) is 5.75 Å². The van der Waals surface area contributed by atoms with Crippen LogP contribution in [-0.2, 0) is 10.2 Å². The van der Waals surface area contributed by atoms with Crippen LogP contribution < -0.4 is 10.1 Å². The van der Waals surface area contributed by atoms with Crippen LogP contribution in [-0.4, -0.2) is 43.6 Å². The minimum absolute atomic E-state index is 0.0311. The van der Waals surface area contributed by atoms with Crippen molar-refractivity contribution in [3.05, 3.63) is 29.8 Å². The van der Waals surface area contributed by atoms with Crippen LogP contribution in [0.5, 0.6) is 5.75 Å². The fourth-order valence-corrected chi connectivity index (χ4v) is 2.47. The minimum Gasteiger partial charge on any atom is -0.484 e. The van der Waals surface area contributed by atoms with Gasteiger partial charge in [-0.2, -0.15) is 0 Å². The average Bonchev–Trinajstić information content (AvgIpc) is 2.97. The van der Waals surface area contributed by atoms with Gasteiger partial charge in [0.25, 0.3) is 5.91 Å². The van der Waals surface area contributed by atoms with Crippen molar-refractivity contribution in [2.24, 2.45) is 0 Å². The molecule has 1 aliphatic heterocycles. The van der Waals surface area contributed by atoms with Gasteiger partial charge in [-0.25, -0.2) is 0 Å². The number of hydrogen-bond acceptors (Lipinski definition) is 3. The Bertz CT molecular complexity index is 471. The molecule has 1 atom stereocenters. The van der Waals surface area contributed by atoms with Gasteiger partial charge in [-0.05, 0) is 36.1 Å². The summed E-state index contributed by atoms with van der Waals surface area (Å²) in [6.45, 7) is 8.49. The Morgan fingerprint density at radius 1 is 1.33 bits per heavy atom. The standard InChI is InChI=1S/C17H26N2O2/c1-17(2,3)13-5-7-15(8-6-13)21-12-16(20)19(4)14-9-10-18-11-14/h5-8,14,18H,9-12H2,1-4H3. The van der Waals surface area contributed by atoms with E-state index in [1.807, 2.05) is 19.2 Å². The molecule has 2 rings (SSSR count). The molecule has 0 spiro atoms. The number of carbonyl (C=O) groups excluding carboxylic acids is 1. The molecule has 0 saturated carbocycles. The molecule has 1 saturated heterocycles. The van der Waals surface area contributed by atoms with Gasteiger partial charge in [0, 0.05) is 19.6 Å². The summed E-state index contributed by atoms with van der Waals surface area (Å²) in [5.74, 6) is 0.776. The van der Waals surface area contributed by atoms with Crippen LogP contribution in [0.3, 0.4) is 0 Å². The van der Waals surface area contributed by atoms with E-state index in [1.54, 1.807) is 4.90 Å². The Morgan fingerprint density at radius 3 is 2.52 bits per heavy atom. The Morgan fingerprint density at radius 2 is 2.00 bits per heavy atom. The van der Waals surface area contributed by atoms with Gasteiger partial charge in [0.15, 0.2) is 6.61 Å². The van der Waals surface area contributed by atoms with E-state index in [9.17, 15) is 4.79 Å². The zero-order valence-corrected chi connectivity index (χ0v) is 13.5. The summed E-state index contributed by atoms with van der Waals surface area (Å²) < 4.78 is 5.60. The maximum absolute atomic E-state index is 12.1. The van der Waals surface area contributed by atoms with E-state index in [0.29, 0.717) is 6.04 Å². The molecule has 1 amide bonds. The lowest BCUT2D eigenvalue weighted by atomic mass is 9.87. The first kappa shape index (κ1) is 15.8. The Kier molecular flexibility index (Phi) is 4.88. The fourth-order valence-electron chi connectivity index (χ4n) is 2.47. The second-order valence-electron chi connectivity index (χ2n) is 6.71. The van der Waals surface area contributed by atoms with E-state index in [2.05, 4.69) is 38.2 Å². The molecule has 4 nitrogen and oxygen atoms in total. The summed E-state index contributed by atoms with van der Waals surface area (Å²) >= 11 is 0. The zero-order valence-electron chi connectivity index (χ0n) is 13.5. The van der Waals surface area contributed by atoms with Gasteiger partial charge in [-0.15, -0.1) is 0 Å². The highest BCUT2D eigenvalue weighted by molar-refractivity contribution is 5.77. The molecular formula is C17H26N2O2. The molecule has 1 aromatic carbocycles. The normalized spacial score (nSPS) is 18.6. The topological polar surface area (TPSA) is 41.6 Å². The number of likely N-dealkylation sites (N-methyl/N-ethyl adjacent to an activating group) is 1. The first-order valence-corrected chi connectivity index (χ1v) is 7.57. The molecule has 1 unspecified atom stereocenters. The quantitative estimate of drug-likeness (QED) is 0.924. The smallest absolute Gasteiger partial charge is 0.260 e. The van der Waals surface area contributed by atoms with Crippen molar-refractivity contribution in [2.45, 2.75) is 38.6 Å². The van der Waals surface area contributed by atoms with E-state index >= 15 is 0 Å². The number of ether oxygens (including phenoxy) is 1. The zero-order chi connectivity index (χ0) is 15.5. The third-order valence-electron chi connectivity index (χ3n) is 4.06. The van der Waals surface area contributed by atoms with Crippen LogP contribution in [0.25, 0.3) is 0 Å². The van der Waals surface area contributed by atoms with Gasteiger partial charge < -0.3 is 15.0 Å². The largest absolute Gasteiger partial charge is 0.484 e. The number of rotatable bonds is 4. The van der Waals surface area contributed by atoms with Gasteiger partial charge in [-0.1, -0.05) is 32.9 Å². The van der Waals surface area contributed by atoms with Crippen molar-refractivity contribution in [1.29, 1.82) is 0 Å². The summed E-state index contributed by atoms with van der Waals surface area (Å²) in [6, 6.07) is 8.29. The van der Waals surface area contributed by atoms with Crippen molar-refractivity contribution < 1.29 is 9.53 Å². The third kappa shape index (κ3) is 4.21. The highest BCUT2D eigenvalue weighted by Gasteiger charge is 2.23. The van der Waals surface area contributed by atoms with E-state index in [4.69, 9.17) is 4.74 Å². The average molecular weight is 290 g/mol. The maximum Gasteiger partial charge on any atom is 0.260 e. The molecule has 0 aliphatic carbocycles. The lowest BCUT2D eigenvalue weighted by Gasteiger charge is -2.24. The molecule has 1 N–H and O–H groups in total. The summed E-state index contributed by atoms with van der Waals surface area (Å²) in [7, 11) is 1.85. The van der Waals surface area contributed by atoms with Crippen LogP contribution in [0, 0.1) is 0 Å². The van der Waals surface area contributed by atoms with E-state index in [0.717, 1.165) is 25.3 Å². The Hall–Kier alpha value is -1.55. The second-order valence-corrected chi connectivity index (χ2v) is 6.71. The Labute approximate surface area is 127 Å². The molecule has 0 aromatic heterocycles. The number of benzene rings is 1. The number of amides is 1. The van der Waals surface area contributed by atoms with Crippen molar-refractivity contribution in [2.75, 3.05) is 26.7 Å². The first-order valence-electron chi connectivity index (χ1n) is 7.57. The van der Waals surface area contributed by atoms with Gasteiger partial charge >= 0.3 is 0 Å². The van der Waals surface area contributed by atoms with Crippen LogP contribution >= 0.6 is 0 Å². The van der Waals surface area contributed by atoms with Gasteiger partial charge in [0.2, 0.25) is 0 Å². The number of carbonyl (C=O) groups is 1. The number of nitrogens with one attached hydrogen (secondary N) is 1. The maximum atomic E-state index is 12.1. The van der Waals surface area contributed by atoms with Crippen LogP contribution in [0.15, 0.2) is 24.3 Å². The number of hydrogen-bond donors (Lipinski definition) is 1. The molecule has 1 fully saturated rings. The van der Waals surface area contributed by atoms with Gasteiger partial charge in [0.05, 0.1) is 0 Å². The molecule has 0 radical (unpaired) electrons.